The number of benzene rings is 2. The number of carbonyl (C=O) groups excluding carboxylic acids is 2. The standard InChI is InChI=1S/C24H21ClN4O3/c25-17-6-2-3-7-18(17)27-24(32)29-20-13-28(23(31)15-9-11-26-12-10-15)19-8-4-1-5-16(19)22(20)21(29)14-30/h1-12,20-22,30H,13-14H2,(H,27,32)/t20-,21+,22+/m0/s1. The van der Waals surface area contributed by atoms with Gasteiger partial charge in [-0.05, 0) is 35.9 Å². The van der Waals surface area contributed by atoms with E-state index in [2.05, 4.69) is 10.3 Å². The highest BCUT2D eigenvalue weighted by Gasteiger charge is 2.55. The minimum Gasteiger partial charge on any atom is -0.394 e. The molecule has 2 aromatic carbocycles. The zero-order valence-electron chi connectivity index (χ0n) is 17.1. The monoisotopic (exact) mass is 448 g/mol. The van der Waals surface area contributed by atoms with E-state index in [0.717, 1.165) is 11.3 Å². The number of nitrogens with zero attached hydrogens (tertiary/aromatic N) is 3. The molecule has 2 N–H and O–H groups in total. The Morgan fingerprint density at radius 3 is 2.53 bits per heavy atom. The third kappa shape index (κ3) is 3.30. The zero-order chi connectivity index (χ0) is 22.2. The molecule has 8 heteroatoms. The first kappa shape index (κ1) is 20.5. The van der Waals surface area contributed by atoms with Crippen LogP contribution in [0.4, 0.5) is 16.2 Å². The van der Waals surface area contributed by atoms with Crippen molar-refractivity contribution < 1.29 is 14.7 Å². The van der Waals surface area contributed by atoms with E-state index in [1.807, 2.05) is 24.3 Å². The predicted octanol–water partition coefficient (Wildman–Crippen LogP) is 3.76. The van der Waals surface area contributed by atoms with E-state index < -0.39 is 0 Å². The molecule has 7 nitrogen and oxygen atoms in total. The number of rotatable bonds is 3. The van der Waals surface area contributed by atoms with Gasteiger partial charge in [-0.15, -0.1) is 0 Å². The summed E-state index contributed by atoms with van der Waals surface area (Å²) < 4.78 is 0. The highest BCUT2D eigenvalue weighted by atomic mass is 35.5. The van der Waals surface area contributed by atoms with E-state index >= 15 is 0 Å². The fourth-order valence-corrected chi connectivity index (χ4v) is 4.93. The molecule has 1 saturated heterocycles. The first-order valence-corrected chi connectivity index (χ1v) is 10.7. The Hall–Kier alpha value is -3.42. The van der Waals surface area contributed by atoms with Gasteiger partial charge >= 0.3 is 6.03 Å². The molecule has 0 spiro atoms. The van der Waals surface area contributed by atoms with Gasteiger partial charge in [0.05, 0.1) is 29.4 Å². The third-order valence-corrected chi connectivity index (χ3v) is 6.54. The van der Waals surface area contributed by atoms with Gasteiger partial charge in [-0.3, -0.25) is 9.78 Å². The number of carbonyl (C=O) groups is 2. The summed E-state index contributed by atoms with van der Waals surface area (Å²) in [6.07, 6.45) is 3.17. The minimum atomic E-state index is -0.387. The van der Waals surface area contributed by atoms with Crippen molar-refractivity contribution in [3.8, 4) is 0 Å². The average Bonchev–Trinajstić information content (AvgIpc) is 2.81. The predicted molar refractivity (Wildman–Crippen MR) is 122 cm³/mol. The normalized spacial score (nSPS) is 21.2. The Morgan fingerprint density at radius 1 is 1.06 bits per heavy atom. The summed E-state index contributed by atoms with van der Waals surface area (Å²) in [5.41, 5.74) is 2.78. The van der Waals surface area contributed by atoms with E-state index in [9.17, 15) is 14.7 Å². The van der Waals surface area contributed by atoms with E-state index in [0.29, 0.717) is 22.8 Å². The van der Waals surface area contributed by atoms with Gasteiger partial charge in [0.1, 0.15) is 0 Å². The van der Waals surface area contributed by atoms with Gasteiger partial charge in [0.15, 0.2) is 0 Å². The summed E-state index contributed by atoms with van der Waals surface area (Å²) in [6.45, 7) is 0.152. The number of nitrogens with one attached hydrogen (secondary N) is 1. The highest BCUT2D eigenvalue weighted by molar-refractivity contribution is 6.33. The number of para-hydroxylation sites is 2. The van der Waals surface area contributed by atoms with Crippen molar-refractivity contribution in [2.45, 2.75) is 18.0 Å². The van der Waals surface area contributed by atoms with Crippen molar-refractivity contribution in [3.63, 3.8) is 0 Å². The molecule has 3 atom stereocenters. The number of aliphatic hydroxyl groups is 1. The van der Waals surface area contributed by atoms with Crippen molar-refractivity contribution in [2.75, 3.05) is 23.4 Å². The van der Waals surface area contributed by atoms with Crippen LogP contribution in [0.5, 0.6) is 0 Å². The van der Waals surface area contributed by atoms with Crippen LogP contribution in [0.25, 0.3) is 0 Å². The SMILES string of the molecule is O=C(c1ccncc1)N1C[C@H]2[C@@H](c3ccccc31)[C@@H](CO)N2C(=O)Nc1ccccc1Cl. The third-order valence-electron chi connectivity index (χ3n) is 6.21. The summed E-state index contributed by atoms with van der Waals surface area (Å²) in [5.74, 6) is -0.216. The fraction of sp³-hybridized carbons (Fsp3) is 0.208. The van der Waals surface area contributed by atoms with Crippen LogP contribution in [-0.2, 0) is 0 Å². The molecule has 0 aliphatic carbocycles. The number of halogens is 1. The summed E-state index contributed by atoms with van der Waals surface area (Å²) in [5, 5.41) is 13.4. The average molecular weight is 449 g/mol. The fourth-order valence-electron chi connectivity index (χ4n) is 4.75. The smallest absolute Gasteiger partial charge is 0.322 e. The second kappa shape index (κ2) is 8.26. The molecule has 3 heterocycles. The van der Waals surface area contributed by atoms with Crippen LogP contribution in [-0.4, -0.2) is 52.2 Å². The van der Waals surface area contributed by atoms with Gasteiger partial charge in [0.2, 0.25) is 0 Å². The van der Waals surface area contributed by atoms with Crippen LogP contribution in [0.2, 0.25) is 5.02 Å². The molecule has 2 aliphatic rings. The lowest BCUT2D eigenvalue weighted by Crippen LogP contribution is -2.71. The van der Waals surface area contributed by atoms with E-state index in [4.69, 9.17) is 11.6 Å². The molecular formula is C24H21ClN4O3. The van der Waals surface area contributed by atoms with Gasteiger partial charge < -0.3 is 20.2 Å². The molecule has 162 valence electrons. The highest BCUT2D eigenvalue weighted by Crippen LogP contribution is 2.48. The van der Waals surface area contributed by atoms with Gasteiger partial charge in [-0.1, -0.05) is 41.9 Å². The molecule has 3 amide bonds. The Morgan fingerprint density at radius 2 is 1.78 bits per heavy atom. The molecule has 5 rings (SSSR count). The number of aromatic nitrogens is 1. The molecule has 0 bridgehead atoms. The van der Waals surface area contributed by atoms with Crippen LogP contribution in [0.1, 0.15) is 21.8 Å². The molecular weight excluding hydrogens is 428 g/mol. The Kier molecular flexibility index (Phi) is 5.28. The van der Waals surface area contributed by atoms with Crippen molar-refractivity contribution in [1.29, 1.82) is 0 Å². The summed E-state index contributed by atoms with van der Waals surface area (Å²) in [7, 11) is 0. The molecule has 3 aromatic rings. The van der Waals surface area contributed by atoms with Crippen molar-refractivity contribution in [3.05, 3.63) is 89.2 Å². The quantitative estimate of drug-likeness (QED) is 0.639. The second-order valence-electron chi connectivity index (χ2n) is 7.87. The maximum absolute atomic E-state index is 13.3. The lowest BCUT2D eigenvalue weighted by atomic mass is 9.72. The number of urea groups is 1. The number of amides is 3. The number of pyridine rings is 1. The maximum Gasteiger partial charge on any atom is 0.322 e. The summed E-state index contributed by atoms with van der Waals surface area (Å²) in [4.78, 5) is 33.8. The minimum absolute atomic E-state index is 0.0605. The zero-order valence-corrected chi connectivity index (χ0v) is 17.8. The lowest BCUT2D eigenvalue weighted by molar-refractivity contribution is -0.00265. The molecule has 0 unspecified atom stereocenters. The number of fused-ring (bicyclic) bond motifs is 3. The van der Waals surface area contributed by atoms with Gasteiger partial charge in [0, 0.05) is 36.1 Å². The Labute approximate surface area is 190 Å². The maximum atomic E-state index is 13.3. The molecule has 2 aliphatic heterocycles. The molecule has 32 heavy (non-hydrogen) atoms. The van der Waals surface area contributed by atoms with Crippen molar-refractivity contribution >= 4 is 34.9 Å². The van der Waals surface area contributed by atoms with Crippen LogP contribution < -0.4 is 10.2 Å². The van der Waals surface area contributed by atoms with Crippen molar-refractivity contribution in [2.24, 2.45) is 0 Å². The largest absolute Gasteiger partial charge is 0.394 e. The lowest BCUT2D eigenvalue weighted by Gasteiger charge is -2.58. The first-order chi connectivity index (χ1) is 15.6. The van der Waals surface area contributed by atoms with Gasteiger partial charge in [0.25, 0.3) is 5.91 Å². The molecule has 1 fully saturated rings. The number of anilines is 2. The second-order valence-corrected chi connectivity index (χ2v) is 8.28. The molecule has 0 radical (unpaired) electrons. The summed E-state index contributed by atoms with van der Waals surface area (Å²) in [6, 6.07) is 17.0. The van der Waals surface area contributed by atoms with E-state index in [1.165, 1.54) is 0 Å². The molecule has 1 aromatic heterocycles. The number of likely N-dealkylation sites (tertiary alicyclic amines) is 1. The van der Waals surface area contributed by atoms with E-state index in [-0.39, 0.29) is 36.5 Å². The number of hydrogen-bond acceptors (Lipinski definition) is 4. The summed E-state index contributed by atoms with van der Waals surface area (Å²) >= 11 is 6.20. The van der Waals surface area contributed by atoms with E-state index in [1.54, 1.807) is 58.6 Å². The van der Waals surface area contributed by atoms with Crippen molar-refractivity contribution in [1.82, 2.24) is 9.88 Å². The number of aliphatic hydroxyl groups excluding tert-OH is 1. The Bertz CT molecular complexity index is 1170. The van der Waals surface area contributed by atoms with Crippen LogP contribution in [0.15, 0.2) is 73.1 Å². The van der Waals surface area contributed by atoms with Gasteiger partial charge in [-0.2, -0.15) is 0 Å². The van der Waals surface area contributed by atoms with Crippen LogP contribution in [0, 0.1) is 0 Å². The molecule has 0 saturated carbocycles. The first-order valence-electron chi connectivity index (χ1n) is 10.4. The topological polar surface area (TPSA) is 85.8 Å². The van der Waals surface area contributed by atoms with Crippen LogP contribution >= 0.6 is 11.6 Å². The van der Waals surface area contributed by atoms with Gasteiger partial charge in [-0.25, -0.2) is 4.79 Å². The number of hydrogen-bond donors (Lipinski definition) is 2. The van der Waals surface area contributed by atoms with Crippen LogP contribution in [0.3, 0.4) is 0 Å². The Balaban J connectivity index is 1.48.